The van der Waals surface area contributed by atoms with E-state index in [0.717, 1.165) is 12.0 Å². The molecule has 0 radical (unpaired) electrons. The largest absolute Gasteiger partial charge is 0.508 e. The van der Waals surface area contributed by atoms with Crippen LogP contribution in [-0.4, -0.2) is 23.4 Å². The lowest BCUT2D eigenvalue weighted by molar-refractivity contribution is -0.123. The van der Waals surface area contributed by atoms with E-state index in [2.05, 4.69) is 5.32 Å². The smallest absolute Gasteiger partial charge is 0.224 e. The summed E-state index contributed by atoms with van der Waals surface area (Å²) in [4.78, 5) is 11.4. The van der Waals surface area contributed by atoms with Gasteiger partial charge in [0.05, 0.1) is 0 Å². The summed E-state index contributed by atoms with van der Waals surface area (Å²) in [6, 6.07) is 6.95. The first kappa shape index (κ1) is 12.8. The molecule has 1 atom stereocenters. The molecule has 0 aromatic heterocycles. The molecular formula is C12H16ClNO2. The normalized spacial score (nSPS) is 12.1. The van der Waals surface area contributed by atoms with Crippen molar-refractivity contribution < 1.29 is 9.90 Å². The van der Waals surface area contributed by atoms with Crippen LogP contribution < -0.4 is 5.32 Å². The summed E-state index contributed by atoms with van der Waals surface area (Å²) in [6.07, 6.45) is 0.751. The van der Waals surface area contributed by atoms with Crippen molar-refractivity contribution in [2.24, 2.45) is 5.92 Å². The van der Waals surface area contributed by atoms with Crippen LogP contribution >= 0.6 is 11.6 Å². The molecular weight excluding hydrogens is 226 g/mol. The molecule has 0 spiro atoms. The number of aromatic hydroxyl groups is 1. The standard InChI is InChI=1S/C12H16ClNO2/c1-9(8-13)12(16)14-7-6-10-2-4-11(15)5-3-10/h2-5,9,15H,6-8H2,1H3,(H,14,16). The van der Waals surface area contributed by atoms with Crippen LogP contribution in [0.5, 0.6) is 5.75 Å². The molecule has 88 valence electrons. The molecule has 0 aliphatic rings. The zero-order chi connectivity index (χ0) is 12.0. The molecule has 0 aliphatic carbocycles. The fourth-order valence-corrected chi connectivity index (χ4v) is 1.38. The number of benzene rings is 1. The SMILES string of the molecule is CC(CCl)C(=O)NCCc1ccc(O)cc1. The van der Waals surface area contributed by atoms with E-state index in [1.807, 2.05) is 12.1 Å². The minimum atomic E-state index is -0.151. The number of carbonyl (C=O) groups is 1. The number of alkyl halides is 1. The number of hydrogen-bond donors (Lipinski definition) is 2. The average Bonchev–Trinajstić information content (AvgIpc) is 2.30. The number of phenolic OH excluding ortho intramolecular Hbond substituents is 1. The molecule has 4 heteroatoms. The van der Waals surface area contributed by atoms with Gasteiger partial charge < -0.3 is 10.4 Å². The molecule has 0 fully saturated rings. The van der Waals surface area contributed by atoms with Gasteiger partial charge in [-0.3, -0.25) is 4.79 Å². The molecule has 1 rings (SSSR count). The lowest BCUT2D eigenvalue weighted by atomic mass is 10.1. The number of hydrogen-bond acceptors (Lipinski definition) is 2. The zero-order valence-corrected chi connectivity index (χ0v) is 10.00. The highest BCUT2D eigenvalue weighted by Crippen LogP contribution is 2.09. The van der Waals surface area contributed by atoms with Crippen LogP contribution in [0.15, 0.2) is 24.3 Å². The van der Waals surface area contributed by atoms with E-state index >= 15 is 0 Å². The Morgan fingerprint density at radius 2 is 2.06 bits per heavy atom. The van der Waals surface area contributed by atoms with Crippen molar-refractivity contribution in [3.05, 3.63) is 29.8 Å². The van der Waals surface area contributed by atoms with E-state index < -0.39 is 0 Å². The predicted molar refractivity (Wildman–Crippen MR) is 64.7 cm³/mol. The molecule has 1 aromatic carbocycles. The summed E-state index contributed by atoms with van der Waals surface area (Å²) in [5, 5.41) is 11.9. The molecule has 16 heavy (non-hydrogen) atoms. The second-order valence-electron chi connectivity index (χ2n) is 3.76. The minimum absolute atomic E-state index is 0.0196. The van der Waals surface area contributed by atoms with Gasteiger partial charge >= 0.3 is 0 Å². The van der Waals surface area contributed by atoms with Gasteiger partial charge in [-0.2, -0.15) is 0 Å². The number of phenols is 1. The van der Waals surface area contributed by atoms with E-state index in [-0.39, 0.29) is 17.6 Å². The van der Waals surface area contributed by atoms with Crippen molar-refractivity contribution in [2.75, 3.05) is 12.4 Å². The molecule has 0 heterocycles. The van der Waals surface area contributed by atoms with E-state index in [0.29, 0.717) is 12.4 Å². The van der Waals surface area contributed by atoms with Gasteiger partial charge in [-0.1, -0.05) is 19.1 Å². The third-order valence-corrected chi connectivity index (χ3v) is 2.79. The summed E-state index contributed by atoms with van der Waals surface area (Å²) >= 11 is 5.57. The summed E-state index contributed by atoms with van der Waals surface area (Å²) in [7, 11) is 0. The third kappa shape index (κ3) is 4.11. The summed E-state index contributed by atoms with van der Waals surface area (Å²) in [5.41, 5.74) is 1.08. The van der Waals surface area contributed by atoms with Crippen LogP contribution in [0.25, 0.3) is 0 Å². The Morgan fingerprint density at radius 1 is 1.44 bits per heavy atom. The first-order valence-corrected chi connectivity index (χ1v) is 5.78. The molecule has 0 saturated heterocycles. The van der Waals surface area contributed by atoms with E-state index in [1.54, 1.807) is 19.1 Å². The van der Waals surface area contributed by atoms with Crippen LogP contribution in [0.4, 0.5) is 0 Å². The molecule has 1 unspecified atom stereocenters. The van der Waals surface area contributed by atoms with Gasteiger partial charge in [0.15, 0.2) is 0 Å². The van der Waals surface area contributed by atoms with Crippen LogP contribution in [0.3, 0.4) is 0 Å². The molecule has 0 bridgehead atoms. The monoisotopic (exact) mass is 241 g/mol. The van der Waals surface area contributed by atoms with Crippen molar-refractivity contribution >= 4 is 17.5 Å². The lowest BCUT2D eigenvalue weighted by Gasteiger charge is -2.09. The summed E-state index contributed by atoms with van der Waals surface area (Å²) in [5.74, 6) is 0.421. The van der Waals surface area contributed by atoms with Gasteiger partial charge in [0, 0.05) is 18.3 Å². The Hall–Kier alpha value is -1.22. The number of nitrogens with one attached hydrogen (secondary N) is 1. The Bertz CT molecular complexity index is 337. The Kier molecular flexibility index (Phi) is 5.12. The van der Waals surface area contributed by atoms with Crippen molar-refractivity contribution in [1.29, 1.82) is 0 Å². The highest BCUT2D eigenvalue weighted by molar-refractivity contribution is 6.19. The van der Waals surface area contributed by atoms with E-state index in [4.69, 9.17) is 16.7 Å². The van der Waals surface area contributed by atoms with Crippen molar-refractivity contribution in [3.63, 3.8) is 0 Å². The molecule has 1 aromatic rings. The van der Waals surface area contributed by atoms with Gasteiger partial charge in [-0.15, -0.1) is 11.6 Å². The second kappa shape index (κ2) is 6.38. The number of halogens is 1. The molecule has 0 saturated carbocycles. The van der Waals surface area contributed by atoms with Crippen molar-refractivity contribution in [3.8, 4) is 5.75 Å². The van der Waals surface area contributed by atoms with Gasteiger partial charge in [0.2, 0.25) is 5.91 Å². The van der Waals surface area contributed by atoms with Crippen LogP contribution in [0.2, 0.25) is 0 Å². The first-order valence-electron chi connectivity index (χ1n) is 5.25. The Balaban J connectivity index is 2.30. The number of carbonyl (C=O) groups excluding carboxylic acids is 1. The minimum Gasteiger partial charge on any atom is -0.508 e. The fraction of sp³-hybridized carbons (Fsp3) is 0.417. The van der Waals surface area contributed by atoms with Gasteiger partial charge in [0.1, 0.15) is 5.75 Å². The summed E-state index contributed by atoms with van der Waals surface area (Å²) < 4.78 is 0. The van der Waals surface area contributed by atoms with Crippen molar-refractivity contribution in [2.45, 2.75) is 13.3 Å². The molecule has 2 N–H and O–H groups in total. The quantitative estimate of drug-likeness (QED) is 0.774. The molecule has 0 aliphatic heterocycles. The van der Waals surface area contributed by atoms with Crippen LogP contribution in [0.1, 0.15) is 12.5 Å². The van der Waals surface area contributed by atoms with Gasteiger partial charge in [-0.25, -0.2) is 0 Å². The van der Waals surface area contributed by atoms with Gasteiger partial charge in [-0.05, 0) is 24.1 Å². The first-order chi connectivity index (χ1) is 7.63. The Labute approximate surface area is 100 Å². The lowest BCUT2D eigenvalue weighted by Crippen LogP contribution is -2.31. The maximum absolute atomic E-state index is 11.4. The highest BCUT2D eigenvalue weighted by atomic mass is 35.5. The third-order valence-electron chi connectivity index (χ3n) is 2.33. The van der Waals surface area contributed by atoms with Crippen LogP contribution in [-0.2, 0) is 11.2 Å². The Morgan fingerprint density at radius 3 is 2.62 bits per heavy atom. The number of amides is 1. The second-order valence-corrected chi connectivity index (χ2v) is 4.07. The zero-order valence-electron chi connectivity index (χ0n) is 9.24. The molecule has 3 nitrogen and oxygen atoms in total. The van der Waals surface area contributed by atoms with Gasteiger partial charge in [0.25, 0.3) is 0 Å². The maximum atomic E-state index is 11.4. The highest BCUT2D eigenvalue weighted by Gasteiger charge is 2.09. The molecule has 1 amide bonds. The fourth-order valence-electron chi connectivity index (χ4n) is 1.24. The van der Waals surface area contributed by atoms with Crippen LogP contribution in [0, 0.1) is 5.92 Å². The van der Waals surface area contributed by atoms with Crippen molar-refractivity contribution in [1.82, 2.24) is 5.32 Å². The van der Waals surface area contributed by atoms with E-state index in [9.17, 15) is 4.79 Å². The predicted octanol–water partition coefficient (Wildman–Crippen LogP) is 1.93. The topological polar surface area (TPSA) is 49.3 Å². The summed E-state index contributed by atoms with van der Waals surface area (Å²) in [6.45, 7) is 2.38. The number of rotatable bonds is 5. The maximum Gasteiger partial charge on any atom is 0.224 e. The van der Waals surface area contributed by atoms with E-state index in [1.165, 1.54) is 0 Å². The average molecular weight is 242 g/mol.